The van der Waals surface area contributed by atoms with Crippen molar-refractivity contribution in [1.29, 1.82) is 0 Å². The van der Waals surface area contributed by atoms with Crippen LogP contribution in [0.1, 0.15) is 12.2 Å². The number of para-hydroxylation sites is 1. The minimum Gasteiger partial charge on any atom is -0.392 e. The highest BCUT2D eigenvalue weighted by atomic mass is 35.5. The number of aliphatic hydroxyl groups excluding tert-OH is 1. The lowest BCUT2D eigenvalue weighted by atomic mass is 10.1. The van der Waals surface area contributed by atoms with E-state index < -0.39 is 0 Å². The Bertz CT molecular complexity index is 1280. The van der Waals surface area contributed by atoms with Gasteiger partial charge in [0.15, 0.2) is 5.52 Å². The summed E-state index contributed by atoms with van der Waals surface area (Å²) < 4.78 is 3.67. The number of nitrogens with zero attached hydrogens (tertiary/aromatic N) is 4. The molecule has 0 bridgehead atoms. The summed E-state index contributed by atoms with van der Waals surface area (Å²) in [6, 6.07) is 15.2. The quantitative estimate of drug-likeness (QED) is 0.565. The molecule has 1 unspecified atom stereocenters. The van der Waals surface area contributed by atoms with E-state index in [-0.39, 0.29) is 11.7 Å². The summed E-state index contributed by atoms with van der Waals surface area (Å²) in [5, 5.41) is 11.3. The Morgan fingerprint density at radius 2 is 2.00 bits per heavy atom. The number of fused-ring (bicyclic) bond motifs is 3. The van der Waals surface area contributed by atoms with Gasteiger partial charge in [0.2, 0.25) is 0 Å². The molecule has 0 aliphatic carbocycles. The van der Waals surface area contributed by atoms with Crippen LogP contribution < -0.4 is 5.56 Å². The molecule has 2 aromatic heterocycles. The van der Waals surface area contributed by atoms with E-state index in [0.717, 1.165) is 40.9 Å². The van der Waals surface area contributed by atoms with E-state index in [2.05, 4.69) is 4.90 Å². The van der Waals surface area contributed by atoms with Gasteiger partial charge in [0.25, 0.3) is 5.56 Å². The number of imidazole rings is 1. The highest BCUT2D eigenvalue weighted by Gasteiger charge is 2.24. The Morgan fingerprint density at radius 3 is 2.72 bits per heavy atom. The first-order valence-electron chi connectivity index (χ1n) is 9.68. The summed E-state index contributed by atoms with van der Waals surface area (Å²) in [4.78, 5) is 20.4. The van der Waals surface area contributed by atoms with E-state index in [1.807, 2.05) is 60.1 Å². The van der Waals surface area contributed by atoms with Crippen LogP contribution in [0.5, 0.6) is 0 Å². The number of benzene rings is 2. The minimum absolute atomic E-state index is 0.163. The molecule has 148 valence electrons. The summed E-state index contributed by atoms with van der Waals surface area (Å²) in [7, 11) is 1.94. The van der Waals surface area contributed by atoms with E-state index in [1.165, 1.54) is 0 Å². The first-order chi connectivity index (χ1) is 14.0. The van der Waals surface area contributed by atoms with Gasteiger partial charge in [-0.15, -0.1) is 0 Å². The van der Waals surface area contributed by atoms with Gasteiger partial charge in [-0.05, 0) is 36.8 Å². The Balaban J connectivity index is 1.79. The number of aryl methyl sites for hydroxylation is 1. The van der Waals surface area contributed by atoms with Crippen molar-refractivity contribution in [1.82, 2.24) is 19.0 Å². The lowest BCUT2D eigenvalue weighted by Gasteiger charge is -2.14. The maximum atomic E-state index is 13.5. The summed E-state index contributed by atoms with van der Waals surface area (Å²) in [6.07, 6.45) is 0.481. The van der Waals surface area contributed by atoms with Crippen molar-refractivity contribution in [3.05, 3.63) is 69.7 Å². The highest BCUT2D eigenvalue weighted by Crippen LogP contribution is 2.28. The van der Waals surface area contributed by atoms with E-state index in [9.17, 15) is 9.90 Å². The summed E-state index contributed by atoms with van der Waals surface area (Å²) in [6.45, 7) is 2.06. The van der Waals surface area contributed by atoms with Gasteiger partial charge in [0, 0.05) is 36.2 Å². The average Bonchev–Trinajstić information content (AvgIpc) is 3.27. The number of aliphatic hydroxyl groups is 1. The zero-order chi connectivity index (χ0) is 20.1. The van der Waals surface area contributed by atoms with Crippen LogP contribution in [-0.4, -0.2) is 43.3 Å². The van der Waals surface area contributed by atoms with Crippen LogP contribution in [-0.2, 0) is 13.6 Å². The molecule has 1 saturated heterocycles. The topological polar surface area (TPSA) is 63.3 Å². The number of aromatic nitrogens is 3. The van der Waals surface area contributed by atoms with Crippen molar-refractivity contribution in [2.75, 3.05) is 13.1 Å². The molecule has 0 amide bonds. The molecule has 7 heteroatoms. The van der Waals surface area contributed by atoms with E-state index in [1.54, 1.807) is 4.57 Å². The predicted octanol–water partition coefficient (Wildman–Crippen LogP) is 3.10. The fourth-order valence-electron chi connectivity index (χ4n) is 4.24. The van der Waals surface area contributed by atoms with Crippen molar-refractivity contribution in [3.8, 4) is 5.69 Å². The number of pyridine rings is 1. The number of β-amino-alcohol motifs (C(OH)–C–C–N with tert-alkyl or cyclic N) is 1. The van der Waals surface area contributed by atoms with Crippen LogP contribution in [0.4, 0.5) is 0 Å². The molecule has 29 heavy (non-hydrogen) atoms. The second-order valence-electron chi connectivity index (χ2n) is 7.60. The van der Waals surface area contributed by atoms with E-state index in [0.29, 0.717) is 23.6 Å². The standard InChI is InChI=1S/C22H21ClN4O2/c1-25-19(13-26-10-9-16(28)12-26)24-20-21(25)17-8-7-14(23)11-18(17)27(22(20)29)15-5-3-2-4-6-15/h2-8,11,16,28H,9-10,12-13H2,1H3. The molecule has 1 N–H and O–H groups in total. The van der Waals surface area contributed by atoms with Crippen LogP contribution in [0.2, 0.25) is 5.02 Å². The van der Waals surface area contributed by atoms with Crippen molar-refractivity contribution in [2.24, 2.45) is 7.05 Å². The van der Waals surface area contributed by atoms with Gasteiger partial charge >= 0.3 is 0 Å². The first kappa shape index (κ1) is 18.4. The van der Waals surface area contributed by atoms with Gasteiger partial charge in [-0.25, -0.2) is 4.98 Å². The van der Waals surface area contributed by atoms with Crippen LogP contribution in [0.3, 0.4) is 0 Å². The maximum absolute atomic E-state index is 13.5. The second kappa shape index (κ2) is 6.99. The van der Waals surface area contributed by atoms with Crippen molar-refractivity contribution < 1.29 is 5.11 Å². The van der Waals surface area contributed by atoms with Crippen molar-refractivity contribution in [2.45, 2.75) is 19.1 Å². The fourth-order valence-corrected chi connectivity index (χ4v) is 4.40. The van der Waals surface area contributed by atoms with E-state index >= 15 is 0 Å². The number of halogens is 1. The van der Waals surface area contributed by atoms with Crippen LogP contribution >= 0.6 is 11.6 Å². The molecule has 3 heterocycles. The maximum Gasteiger partial charge on any atom is 0.283 e. The van der Waals surface area contributed by atoms with Gasteiger partial charge in [-0.2, -0.15) is 0 Å². The van der Waals surface area contributed by atoms with Crippen LogP contribution in [0.25, 0.3) is 27.6 Å². The third-order valence-corrected chi connectivity index (χ3v) is 5.91. The Kier molecular flexibility index (Phi) is 4.42. The zero-order valence-corrected chi connectivity index (χ0v) is 16.8. The predicted molar refractivity (Wildman–Crippen MR) is 115 cm³/mol. The lowest BCUT2D eigenvalue weighted by Crippen LogP contribution is -2.23. The van der Waals surface area contributed by atoms with Crippen LogP contribution in [0, 0.1) is 0 Å². The van der Waals surface area contributed by atoms with Gasteiger partial charge in [-0.3, -0.25) is 14.3 Å². The first-order valence-corrected chi connectivity index (χ1v) is 10.1. The molecule has 1 fully saturated rings. The molecule has 1 atom stereocenters. The Labute approximate surface area is 172 Å². The molecule has 0 spiro atoms. The summed E-state index contributed by atoms with van der Waals surface area (Å²) >= 11 is 6.29. The average molecular weight is 409 g/mol. The highest BCUT2D eigenvalue weighted by molar-refractivity contribution is 6.31. The van der Waals surface area contributed by atoms with Gasteiger partial charge in [0.05, 0.1) is 23.7 Å². The van der Waals surface area contributed by atoms with Gasteiger partial charge in [0.1, 0.15) is 5.82 Å². The largest absolute Gasteiger partial charge is 0.392 e. The fraction of sp³-hybridized carbons (Fsp3) is 0.273. The molecule has 2 aromatic carbocycles. The summed E-state index contributed by atoms with van der Waals surface area (Å²) in [5.74, 6) is 0.813. The molecule has 1 aliphatic heterocycles. The van der Waals surface area contributed by atoms with Crippen LogP contribution in [0.15, 0.2) is 53.3 Å². The van der Waals surface area contributed by atoms with Crippen molar-refractivity contribution >= 4 is 33.5 Å². The molecular formula is C22H21ClN4O2. The number of rotatable bonds is 3. The molecule has 0 radical (unpaired) electrons. The normalized spacial score (nSPS) is 17.6. The molecule has 0 saturated carbocycles. The van der Waals surface area contributed by atoms with Crippen molar-refractivity contribution in [3.63, 3.8) is 0 Å². The molecule has 1 aliphatic rings. The third-order valence-electron chi connectivity index (χ3n) is 5.68. The molecule has 4 aromatic rings. The second-order valence-corrected chi connectivity index (χ2v) is 8.04. The Morgan fingerprint density at radius 1 is 1.21 bits per heavy atom. The summed E-state index contributed by atoms with van der Waals surface area (Å²) in [5.41, 5.74) is 2.63. The minimum atomic E-state index is -0.289. The number of hydrogen-bond donors (Lipinski definition) is 1. The number of hydrogen-bond acceptors (Lipinski definition) is 4. The Hall–Kier alpha value is -2.67. The van der Waals surface area contributed by atoms with E-state index in [4.69, 9.17) is 16.6 Å². The smallest absolute Gasteiger partial charge is 0.283 e. The lowest BCUT2D eigenvalue weighted by molar-refractivity contribution is 0.173. The SMILES string of the molecule is Cn1c(CN2CCC(O)C2)nc2c(=O)n(-c3ccccc3)c3cc(Cl)ccc3c21. The molecule has 5 rings (SSSR count). The monoisotopic (exact) mass is 408 g/mol. The number of likely N-dealkylation sites (tertiary alicyclic amines) is 1. The zero-order valence-electron chi connectivity index (χ0n) is 16.0. The third kappa shape index (κ3) is 3.04. The van der Waals surface area contributed by atoms with Gasteiger partial charge in [-0.1, -0.05) is 29.8 Å². The van der Waals surface area contributed by atoms with Gasteiger partial charge < -0.3 is 9.67 Å². The molecular weight excluding hydrogens is 388 g/mol. The molecule has 6 nitrogen and oxygen atoms in total.